The van der Waals surface area contributed by atoms with E-state index in [9.17, 15) is 5.11 Å². The Bertz CT molecular complexity index is 737. The van der Waals surface area contributed by atoms with E-state index in [1.54, 1.807) is 30.7 Å². The largest absolute Gasteiger partial charge is 0.508 e. The molecular formula is C16H17N3O3. The predicted octanol–water partition coefficient (Wildman–Crippen LogP) is 3.23. The number of phenolic OH excluding ortho intramolecular Hbond substituents is 1. The van der Waals surface area contributed by atoms with Crippen molar-refractivity contribution in [3.05, 3.63) is 54.3 Å². The fourth-order valence-electron chi connectivity index (χ4n) is 2.22. The Hall–Kier alpha value is -2.60. The van der Waals surface area contributed by atoms with Gasteiger partial charge in [0.15, 0.2) is 0 Å². The number of hydrogen-bond donors (Lipinski definition) is 1. The first-order valence-electron chi connectivity index (χ1n) is 6.98. The van der Waals surface area contributed by atoms with E-state index in [1.807, 2.05) is 19.2 Å². The molecule has 0 spiro atoms. The van der Waals surface area contributed by atoms with Crippen LogP contribution in [0.5, 0.6) is 5.75 Å². The van der Waals surface area contributed by atoms with Gasteiger partial charge < -0.3 is 14.0 Å². The molecule has 1 unspecified atom stereocenters. The molecule has 6 nitrogen and oxygen atoms in total. The SMILES string of the molecule is CC(c1cccc(O)c1)N(C)Cc1nc(-c2ccoc2)no1. The maximum absolute atomic E-state index is 9.57. The first kappa shape index (κ1) is 14.3. The number of aromatic nitrogens is 2. The minimum Gasteiger partial charge on any atom is -0.508 e. The smallest absolute Gasteiger partial charge is 0.241 e. The van der Waals surface area contributed by atoms with Gasteiger partial charge in [0.1, 0.15) is 12.0 Å². The third kappa shape index (κ3) is 3.01. The van der Waals surface area contributed by atoms with Crippen molar-refractivity contribution in [2.24, 2.45) is 0 Å². The Morgan fingerprint density at radius 2 is 2.18 bits per heavy atom. The van der Waals surface area contributed by atoms with Gasteiger partial charge in [-0.1, -0.05) is 17.3 Å². The van der Waals surface area contributed by atoms with E-state index in [0.717, 1.165) is 11.1 Å². The molecule has 3 rings (SSSR count). The van der Waals surface area contributed by atoms with Gasteiger partial charge in [0, 0.05) is 6.04 Å². The zero-order valence-corrected chi connectivity index (χ0v) is 12.4. The second-order valence-electron chi connectivity index (χ2n) is 5.21. The molecule has 2 heterocycles. The second kappa shape index (κ2) is 6.03. The van der Waals surface area contributed by atoms with Crippen LogP contribution in [0.3, 0.4) is 0 Å². The Kier molecular flexibility index (Phi) is 3.93. The molecule has 0 saturated carbocycles. The normalized spacial score (nSPS) is 12.7. The first-order chi connectivity index (χ1) is 10.6. The molecule has 0 aliphatic rings. The Morgan fingerprint density at radius 1 is 1.32 bits per heavy atom. The van der Waals surface area contributed by atoms with Gasteiger partial charge in [-0.3, -0.25) is 4.90 Å². The summed E-state index contributed by atoms with van der Waals surface area (Å²) in [5.74, 6) is 1.31. The van der Waals surface area contributed by atoms with E-state index < -0.39 is 0 Å². The molecule has 1 aromatic carbocycles. The van der Waals surface area contributed by atoms with Crippen molar-refractivity contribution in [1.29, 1.82) is 0 Å². The zero-order valence-electron chi connectivity index (χ0n) is 12.4. The molecule has 2 aromatic heterocycles. The first-order valence-corrected chi connectivity index (χ1v) is 6.98. The summed E-state index contributed by atoms with van der Waals surface area (Å²) in [6, 6.07) is 9.12. The third-order valence-electron chi connectivity index (χ3n) is 3.65. The Balaban J connectivity index is 1.70. The fourth-order valence-corrected chi connectivity index (χ4v) is 2.22. The molecule has 1 atom stereocenters. The monoisotopic (exact) mass is 299 g/mol. The van der Waals surface area contributed by atoms with Crippen LogP contribution in [-0.2, 0) is 6.54 Å². The van der Waals surface area contributed by atoms with Crippen LogP contribution in [0.15, 0.2) is 51.8 Å². The van der Waals surface area contributed by atoms with E-state index in [2.05, 4.69) is 22.0 Å². The lowest BCUT2D eigenvalue weighted by molar-refractivity contribution is 0.216. The summed E-state index contributed by atoms with van der Waals surface area (Å²) >= 11 is 0. The number of hydrogen-bond acceptors (Lipinski definition) is 6. The van der Waals surface area contributed by atoms with E-state index in [4.69, 9.17) is 8.94 Å². The van der Waals surface area contributed by atoms with Crippen LogP contribution in [0.1, 0.15) is 24.4 Å². The predicted molar refractivity (Wildman–Crippen MR) is 80.0 cm³/mol. The summed E-state index contributed by atoms with van der Waals surface area (Å²) in [5.41, 5.74) is 1.82. The van der Waals surface area contributed by atoms with Gasteiger partial charge in [0.25, 0.3) is 0 Å². The molecule has 3 aromatic rings. The van der Waals surface area contributed by atoms with Gasteiger partial charge in [0.05, 0.1) is 18.4 Å². The Morgan fingerprint density at radius 3 is 2.91 bits per heavy atom. The molecule has 0 fully saturated rings. The van der Waals surface area contributed by atoms with Crippen molar-refractivity contribution in [3.8, 4) is 17.1 Å². The average molecular weight is 299 g/mol. The van der Waals surface area contributed by atoms with Crippen LogP contribution in [0.2, 0.25) is 0 Å². The van der Waals surface area contributed by atoms with E-state index in [0.29, 0.717) is 18.3 Å². The molecule has 0 radical (unpaired) electrons. The van der Waals surface area contributed by atoms with Crippen LogP contribution in [-0.4, -0.2) is 27.2 Å². The van der Waals surface area contributed by atoms with Crippen LogP contribution in [0.4, 0.5) is 0 Å². The van der Waals surface area contributed by atoms with Crippen molar-refractivity contribution in [2.45, 2.75) is 19.5 Å². The second-order valence-corrected chi connectivity index (χ2v) is 5.21. The van der Waals surface area contributed by atoms with E-state index in [1.165, 1.54) is 0 Å². The highest BCUT2D eigenvalue weighted by molar-refractivity contribution is 5.51. The van der Waals surface area contributed by atoms with Crippen LogP contribution < -0.4 is 0 Å². The quantitative estimate of drug-likeness (QED) is 0.779. The minimum atomic E-state index is 0.108. The third-order valence-corrected chi connectivity index (χ3v) is 3.65. The van der Waals surface area contributed by atoms with Crippen LogP contribution in [0.25, 0.3) is 11.4 Å². The van der Waals surface area contributed by atoms with Crippen molar-refractivity contribution < 1.29 is 14.0 Å². The number of aromatic hydroxyl groups is 1. The van der Waals surface area contributed by atoms with E-state index >= 15 is 0 Å². The molecule has 0 saturated heterocycles. The fraction of sp³-hybridized carbons (Fsp3) is 0.250. The lowest BCUT2D eigenvalue weighted by Crippen LogP contribution is -2.22. The lowest BCUT2D eigenvalue weighted by Gasteiger charge is -2.23. The maximum Gasteiger partial charge on any atom is 0.241 e. The molecule has 114 valence electrons. The number of rotatable bonds is 5. The summed E-state index contributed by atoms with van der Waals surface area (Å²) in [6.07, 6.45) is 3.15. The molecule has 1 N–H and O–H groups in total. The molecule has 0 aliphatic heterocycles. The Labute approximate surface area is 128 Å². The maximum atomic E-state index is 9.57. The lowest BCUT2D eigenvalue weighted by atomic mass is 10.1. The molecule has 22 heavy (non-hydrogen) atoms. The number of phenols is 1. The van der Waals surface area contributed by atoms with Gasteiger partial charge in [-0.05, 0) is 37.7 Å². The highest BCUT2D eigenvalue weighted by Gasteiger charge is 2.16. The van der Waals surface area contributed by atoms with Gasteiger partial charge >= 0.3 is 0 Å². The highest BCUT2D eigenvalue weighted by atomic mass is 16.5. The molecule has 0 aliphatic carbocycles. The topological polar surface area (TPSA) is 75.5 Å². The summed E-state index contributed by atoms with van der Waals surface area (Å²) < 4.78 is 10.3. The molecule has 0 bridgehead atoms. The summed E-state index contributed by atoms with van der Waals surface area (Å²) in [7, 11) is 1.97. The van der Waals surface area contributed by atoms with Gasteiger partial charge in [-0.15, -0.1) is 0 Å². The zero-order chi connectivity index (χ0) is 15.5. The van der Waals surface area contributed by atoms with Crippen LogP contribution in [0, 0.1) is 0 Å². The van der Waals surface area contributed by atoms with Crippen molar-refractivity contribution in [1.82, 2.24) is 15.0 Å². The summed E-state index contributed by atoms with van der Waals surface area (Å²) in [4.78, 5) is 6.43. The number of nitrogens with zero attached hydrogens (tertiary/aromatic N) is 3. The minimum absolute atomic E-state index is 0.108. The van der Waals surface area contributed by atoms with E-state index in [-0.39, 0.29) is 11.8 Å². The van der Waals surface area contributed by atoms with Gasteiger partial charge in [0.2, 0.25) is 11.7 Å². The number of benzene rings is 1. The average Bonchev–Trinajstić information content (AvgIpc) is 3.17. The van der Waals surface area contributed by atoms with Gasteiger partial charge in [-0.25, -0.2) is 0 Å². The van der Waals surface area contributed by atoms with Gasteiger partial charge in [-0.2, -0.15) is 4.98 Å². The van der Waals surface area contributed by atoms with Crippen molar-refractivity contribution >= 4 is 0 Å². The molecule has 0 amide bonds. The van der Waals surface area contributed by atoms with Crippen molar-refractivity contribution in [3.63, 3.8) is 0 Å². The highest BCUT2D eigenvalue weighted by Crippen LogP contribution is 2.24. The summed E-state index contributed by atoms with van der Waals surface area (Å²) in [6.45, 7) is 2.57. The van der Waals surface area contributed by atoms with Crippen molar-refractivity contribution in [2.75, 3.05) is 7.05 Å². The standard InChI is InChI=1S/C16H17N3O3/c1-11(12-4-3-5-14(20)8-12)19(2)9-15-17-16(18-22-15)13-6-7-21-10-13/h3-8,10-11,20H,9H2,1-2H3. The molecular weight excluding hydrogens is 282 g/mol. The molecule has 6 heteroatoms. The summed E-state index contributed by atoms with van der Waals surface area (Å²) in [5, 5.41) is 13.5. The van der Waals surface area contributed by atoms with Crippen LogP contribution >= 0.6 is 0 Å². The number of furan rings is 1.